The van der Waals surface area contributed by atoms with Gasteiger partial charge >= 0.3 is 0 Å². The van der Waals surface area contributed by atoms with Crippen molar-refractivity contribution in [2.24, 2.45) is 0 Å². The fourth-order valence-corrected chi connectivity index (χ4v) is 4.75. The van der Waals surface area contributed by atoms with Crippen molar-refractivity contribution >= 4 is 29.2 Å². The van der Waals surface area contributed by atoms with Crippen LogP contribution in [0.4, 0.5) is 5.69 Å². The van der Waals surface area contributed by atoms with Crippen LogP contribution in [-0.4, -0.2) is 11.0 Å². The summed E-state index contributed by atoms with van der Waals surface area (Å²) in [4.78, 5) is 2.78. The van der Waals surface area contributed by atoms with Crippen LogP contribution in [0.5, 0.6) is 0 Å². The molecule has 1 aliphatic heterocycles. The first kappa shape index (κ1) is 12.9. The maximum Gasteiger partial charge on any atom is 0.0344 e. The van der Waals surface area contributed by atoms with Crippen molar-refractivity contribution in [1.29, 1.82) is 0 Å². The zero-order valence-electron chi connectivity index (χ0n) is 10.9. The Morgan fingerprint density at radius 1 is 1.26 bits per heavy atom. The van der Waals surface area contributed by atoms with Gasteiger partial charge in [-0.3, -0.25) is 0 Å². The van der Waals surface area contributed by atoms with E-state index in [1.807, 2.05) is 29.6 Å². The monoisotopic (exact) mass is 287 g/mol. The molecule has 0 bridgehead atoms. The van der Waals surface area contributed by atoms with Crippen LogP contribution in [0.1, 0.15) is 11.1 Å². The number of nitrogens with two attached hydrogens (primary N) is 1. The molecule has 0 aliphatic carbocycles. The van der Waals surface area contributed by atoms with E-state index < -0.39 is 0 Å². The number of hydrogen-bond donors (Lipinski definition) is 1. The number of thioether (sulfide) groups is 2. The highest BCUT2D eigenvalue weighted by Gasteiger charge is 2.21. The third-order valence-corrected chi connectivity index (χ3v) is 6.08. The molecule has 1 atom stereocenters. The number of anilines is 1. The molecule has 2 aromatic rings. The molecule has 0 spiro atoms. The Balaban J connectivity index is 1.61. The predicted molar refractivity (Wildman–Crippen MR) is 86.1 cm³/mol. The molecular weight excluding hydrogens is 270 g/mol. The quantitative estimate of drug-likeness (QED) is 0.670. The minimum Gasteiger partial charge on any atom is -0.399 e. The number of hydrogen-bond acceptors (Lipinski definition) is 3. The van der Waals surface area contributed by atoms with Crippen molar-refractivity contribution in [2.75, 3.05) is 11.5 Å². The van der Waals surface area contributed by atoms with Crippen LogP contribution >= 0.6 is 23.5 Å². The van der Waals surface area contributed by atoms with Crippen molar-refractivity contribution in [1.82, 2.24) is 0 Å². The van der Waals surface area contributed by atoms with Gasteiger partial charge in [-0.05, 0) is 48.7 Å². The Morgan fingerprint density at radius 2 is 2.11 bits per heavy atom. The zero-order chi connectivity index (χ0) is 13.2. The van der Waals surface area contributed by atoms with Crippen LogP contribution in [-0.2, 0) is 6.42 Å². The average molecular weight is 287 g/mol. The van der Waals surface area contributed by atoms with E-state index in [4.69, 9.17) is 5.73 Å². The third kappa shape index (κ3) is 2.93. The van der Waals surface area contributed by atoms with Gasteiger partial charge < -0.3 is 5.73 Å². The highest BCUT2D eigenvalue weighted by Crippen LogP contribution is 2.39. The maximum atomic E-state index is 5.85. The number of aryl methyl sites for hydroxylation is 1. The first-order valence-electron chi connectivity index (χ1n) is 6.46. The molecule has 0 aromatic heterocycles. The molecule has 1 nitrogen and oxygen atoms in total. The first-order chi connectivity index (χ1) is 9.22. The normalized spacial score (nSPS) is 17.4. The minimum absolute atomic E-state index is 0.695. The van der Waals surface area contributed by atoms with Crippen molar-refractivity contribution in [3.8, 4) is 0 Å². The predicted octanol–water partition coefficient (Wildman–Crippen LogP) is 4.39. The van der Waals surface area contributed by atoms with Gasteiger partial charge in [-0.15, -0.1) is 23.5 Å². The topological polar surface area (TPSA) is 26.0 Å². The van der Waals surface area contributed by atoms with Gasteiger partial charge in [0.05, 0.1) is 0 Å². The molecule has 1 aliphatic rings. The molecule has 19 heavy (non-hydrogen) atoms. The van der Waals surface area contributed by atoms with Crippen LogP contribution in [0.15, 0.2) is 52.3 Å². The molecule has 98 valence electrons. The zero-order valence-corrected chi connectivity index (χ0v) is 12.6. The van der Waals surface area contributed by atoms with Crippen molar-refractivity contribution < 1.29 is 0 Å². The van der Waals surface area contributed by atoms with Crippen LogP contribution in [0, 0.1) is 6.92 Å². The van der Waals surface area contributed by atoms with E-state index in [1.165, 1.54) is 27.3 Å². The first-order valence-corrected chi connectivity index (χ1v) is 8.32. The van der Waals surface area contributed by atoms with Crippen molar-refractivity contribution in [2.45, 2.75) is 28.4 Å². The molecule has 3 heteroatoms. The van der Waals surface area contributed by atoms with Gasteiger partial charge in [0.1, 0.15) is 0 Å². The van der Waals surface area contributed by atoms with E-state index in [-0.39, 0.29) is 0 Å². The van der Waals surface area contributed by atoms with Gasteiger partial charge in [0.2, 0.25) is 0 Å². The van der Waals surface area contributed by atoms with E-state index >= 15 is 0 Å². The fourth-order valence-electron chi connectivity index (χ4n) is 2.27. The molecular formula is C16H17NS2. The fraction of sp³-hybridized carbons (Fsp3) is 0.250. The van der Waals surface area contributed by atoms with Gasteiger partial charge in [-0.25, -0.2) is 0 Å². The lowest BCUT2D eigenvalue weighted by Crippen LogP contribution is -2.04. The maximum absolute atomic E-state index is 5.85. The van der Waals surface area contributed by atoms with E-state index in [0.717, 1.165) is 11.4 Å². The molecule has 0 saturated carbocycles. The third-order valence-electron chi connectivity index (χ3n) is 3.39. The summed E-state index contributed by atoms with van der Waals surface area (Å²) in [6.45, 7) is 2.07. The van der Waals surface area contributed by atoms with Crippen LogP contribution < -0.4 is 5.73 Å². The van der Waals surface area contributed by atoms with Crippen LogP contribution in [0.2, 0.25) is 0 Å². The highest BCUT2D eigenvalue weighted by molar-refractivity contribution is 8.03. The van der Waals surface area contributed by atoms with Crippen molar-refractivity contribution in [3.63, 3.8) is 0 Å². The molecule has 0 fully saturated rings. The number of fused-ring (bicyclic) bond motifs is 1. The summed E-state index contributed by atoms with van der Waals surface area (Å²) in [7, 11) is 0. The van der Waals surface area contributed by atoms with E-state index in [9.17, 15) is 0 Å². The van der Waals surface area contributed by atoms with Gasteiger partial charge in [-0.1, -0.05) is 18.2 Å². The lowest BCUT2D eigenvalue weighted by Gasteiger charge is -2.09. The second-order valence-electron chi connectivity index (χ2n) is 4.88. The molecule has 2 N–H and O–H groups in total. The summed E-state index contributed by atoms with van der Waals surface area (Å²) < 4.78 is 0. The highest BCUT2D eigenvalue weighted by atomic mass is 32.2. The summed E-state index contributed by atoms with van der Waals surface area (Å²) in [6.07, 6.45) is 1.20. The second-order valence-corrected chi connectivity index (χ2v) is 7.32. The van der Waals surface area contributed by atoms with E-state index in [2.05, 4.69) is 43.3 Å². The molecule has 3 rings (SSSR count). The Hall–Kier alpha value is -1.06. The Labute approximate surface area is 123 Å². The summed E-state index contributed by atoms with van der Waals surface area (Å²) in [5.74, 6) is 1.16. The SMILES string of the molecule is Cc1cc(SCC2Cc3ccccc3S2)ccc1N. The number of benzene rings is 2. The molecule has 0 saturated heterocycles. The second kappa shape index (κ2) is 5.51. The smallest absolute Gasteiger partial charge is 0.0344 e. The Bertz CT molecular complexity index is 570. The van der Waals surface area contributed by atoms with E-state index in [0.29, 0.717) is 5.25 Å². The molecule has 1 unspecified atom stereocenters. The minimum atomic E-state index is 0.695. The standard InChI is InChI=1S/C16H17NS2/c1-11-8-13(6-7-15(11)17)18-10-14-9-12-4-2-3-5-16(12)19-14/h2-8,14H,9-10,17H2,1H3. The lowest BCUT2D eigenvalue weighted by molar-refractivity contribution is 0.970. The van der Waals surface area contributed by atoms with Crippen molar-refractivity contribution in [3.05, 3.63) is 53.6 Å². The average Bonchev–Trinajstić information content (AvgIpc) is 2.83. The van der Waals surface area contributed by atoms with Gasteiger partial charge in [-0.2, -0.15) is 0 Å². The Morgan fingerprint density at radius 3 is 2.89 bits per heavy atom. The van der Waals surface area contributed by atoms with Gasteiger partial charge in [0, 0.05) is 26.5 Å². The largest absolute Gasteiger partial charge is 0.399 e. The van der Waals surface area contributed by atoms with E-state index in [1.54, 1.807) is 0 Å². The van der Waals surface area contributed by atoms with Gasteiger partial charge in [0.25, 0.3) is 0 Å². The summed E-state index contributed by atoms with van der Waals surface area (Å²) >= 11 is 3.95. The summed E-state index contributed by atoms with van der Waals surface area (Å²) in [5.41, 5.74) is 9.41. The molecule has 0 amide bonds. The number of rotatable bonds is 3. The van der Waals surface area contributed by atoms with Crippen LogP contribution in [0.25, 0.3) is 0 Å². The lowest BCUT2D eigenvalue weighted by atomic mass is 10.1. The molecule has 2 aromatic carbocycles. The summed E-state index contributed by atoms with van der Waals surface area (Å²) in [5, 5.41) is 0.695. The molecule has 1 heterocycles. The Kier molecular flexibility index (Phi) is 3.76. The number of nitrogen functional groups attached to an aromatic ring is 1. The van der Waals surface area contributed by atoms with Crippen LogP contribution in [0.3, 0.4) is 0 Å². The molecule has 0 radical (unpaired) electrons. The summed E-state index contributed by atoms with van der Waals surface area (Å²) in [6, 6.07) is 15.1. The van der Waals surface area contributed by atoms with Gasteiger partial charge in [0.15, 0.2) is 0 Å².